The molecule has 0 saturated heterocycles. The lowest BCUT2D eigenvalue weighted by molar-refractivity contribution is 0.410. The van der Waals surface area contributed by atoms with Crippen LogP contribution in [0.4, 0.5) is 23.2 Å². The summed E-state index contributed by atoms with van der Waals surface area (Å²) in [5, 5.41) is 2.33. The molecule has 0 aromatic carbocycles. The highest BCUT2D eigenvalue weighted by Gasteiger charge is 2.20. The van der Waals surface area contributed by atoms with Gasteiger partial charge in [-0.05, 0) is 19.1 Å². The van der Waals surface area contributed by atoms with Crippen molar-refractivity contribution in [2.24, 2.45) is 0 Å². The predicted molar refractivity (Wildman–Crippen MR) is 60.5 cm³/mol. The van der Waals surface area contributed by atoms with Gasteiger partial charge in [0.1, 0.15) is 5.69 Å². The van der Waals surface area contributed by atoms with Crippen LogP contribution in [0.1, 0.15) is 9.75 Å². The molecule has 2 heterocycles. The number of aryl methyl sites for hydroxylation is 1. The average Bonchev–Trinajstić information content (AvgIpc) is 2.73. The third kappa shape index (κ3) is 2.45. The molecule has 96 valence electrons. The van der Waals surface area contributed by atoms with Gasteiger partial charge in [-0.1, -0.05) is 0 Å². The minimum atomic E-state index is -1.67. The van der Waals surface area contributed by atoms with Crippen LogP contribution in [0.3, 0.4) is 0 Å². The Labute approximate surface area is 104 Å². The van der Waals surface area contributed by atoms with Gasteiger partial charge in [-0.25, -0.2) is 0 Å². The highest BCUT2D eigenvalue weighted by atomic mass is 32.1. The Bertz CT molecular complexity index is 556. The van der Waals surface area contributed by atoms with Crippen LogP contribution < -0.4 is 5.32 Å². The quantitative estimate of drug-likeness (QED) is 0.684. The summed E-state index contributed by atoms with van der Waals surface area (Å²) in [5.41, 5.74) is -0.842. The van der Waals surface area contributed by atoms with Gasteiger partial charge in [-0.15, -0.1) is 11.3 Å². The number of aromatic nitrogens is 1. The van der Waals surface area contributed by atoms with E-state index in [1.807, 2.05) is 13.0 Å². The molecule has 0 fully saturated rings. The molecule has 1 N–H and O–H groups in total. The van der Waals surface area contributed by atoms with Crippen molar-refractivity contribution >= 4 is 17.0 Å². The molecule has 18 heavy (non-hydrogen) atoms. The molecule has 2 rings (SSSR count). The minimum absolute atomic E-state index is 0.0786. The fourth-order valence-corrected chi connectivity index (χ4v) is 2.23. The van der Waals surface area contributed by atoms with E-state index in [9.17, 15) is 17.6 Å². The van der Waals surface area contributed by atoms with E-state index in [1.54, 1.807) is 6.07 Å². The maximum absolute atomic E-state index is 13.2. The number of nitrogens with one attached hydrogen (secondary N) is 1. The summed E-state index contributed by atoms with van der Waals surface area (Å²) in [6, 6.07) is 3.60. The standard InChI is InChI=1S/C11H8F4N2S/c1-5-2-3-6(18-5)4-16-9-7(12)10(14)17-11(15)8(9)13/h2-3H,4H2,1H3,(H,16,17). The van der Waals surface area contributed by atoms with Crippen LogP contribution in [0.15, 0.2) is 12.1 Å². The van der Waals surface area contributed by atoms with Crippen molar-refractivity contribution in [1.82, 2.24) is 4.98 Å². The van der Waals surface area contributed by atoms with Crippen LogP contribution in [-0.4, -0.2) is 4.98 Å². The first-order valence-electron chi connectivity index (χ1n) is 4.98. The Morgan fingerprint density at radius 1 is 1.11 bits per heavy atom. The molecule has 7 heteroatoms. The number of halogens is 4. The molecule has 2 nitrogen and oxygen atoms in total. The van der Waals surface area contributed by atoms with E-state index in [4.69, 9.17) is 0 Å². The Kier molecular flexibility index (Phi) is 3.51. The summed E-state index contributed by atoms with van der Waals surface area (Å²) in [5.74, 6) is -6.39. The van der Waals surface area contributed by atoms with Gasteiger partial charge in [0, 0.05) is 16.3 Å². The summed E-state index contributed by atoms with van der Waals surface area (Å²) in [6.45, 7) is 1.95. The Hall–Kier alpha value is -1.63. The summed E-state index contributed by atoms with van der Waals surface area (Å²) in [4.78, 5) is 4.29. The third-order valence-electron chi connectivity index (χ3n) is 2.23. The van der Waals surface area contributed by atoms with Crippen molar-refractivity contribution in [2.75, 3.05) is 5.32 Å². The molecule has 0 aliphatic carbocycles. The average molecular weight is 276 g/mol. The number of thiophene rings is 1. The molecule has 2 aromatic heterocycles. The van der Waals surface area contributed by atoms with E-state index in [2.05, 4.69) is 10.3 Å². The predicted octanol–water partition coefficient (Wildman–Crippen LogP) is 3.62. The van der Waals surface area contributed by atoms with E-state index >= 15 is 0 Å². The number of hydrogen-bond acceptors (Lipinski definition) is 3. The first-order valence-corrected chi connectivity index (χ1v) is 5.80. The highest BCUT2D eigenvalue weighted by Crippen LogP contribution is 2.23. The van der Waals surface area contributed by atoms with Crippen LogP contribution in [-0.2, 0) is 6.54 Å². The van der Waals surface area contributed by atoms with Crippen LogP contribution in [0.2, 0.25) is 0 Å². The molecular weight excluding hydrogens is 268 g/mol. The van der Waals surface area contributed by atoms with Gasteiger partial charge in [0.25, 0.3) is 11.9 Å². The van der Waals surface area contributed by atoms with Gasteiger partial charge in [-0.3, -0.25) is 0 Å². The first-order chi connectivity index (χ1) is 8.49. The maximum Gasteiger partial charge on any atom is 0.253 e. The number of nitrogens with zero attached hydrogens (tertiary/aromatic N) is 1. The Morgan fingerprint density at radius 2 is 1.72 bits per heavy atom. The Morgan fingerprint density at radius 3 is 2.22 bits per heavy atom. The van der Waals surface area contributed by atoms with Crippen molar-refractivity contribution in [3.63, 3.8) is 0 Å². The van der Waals surface area contributed by atoms with E-state index in [-0.39, 0.29) is 6.54 Å². The molecule has 0 amide bonds. The Balaban J connectivity index is 2.24. The zero-order valence-corrected chi connectivity index (χ0v) is 10.0. The maximum atomic E-state index is 13.2. The monoisotopic (exact) mass is 276 g/mol. The van der Waals surface area contributed by atoms with Crippen LogP contribution in [0, 0.1) is 30.5 Å². The minimum Gasteiger partial charge on any atom is -0.375 e. The topological polar surface area (TPSA) is 24.9 Å². The van der Waals surface area contributed by atoms with Gasteiger partial charge in [0.2, 0.25) is 11.6 Å². The summed E-state index contributed by atoms with van der Waals surface area (Å²) < 4.78 is 52.1. The molecule has 0 bridgehead atoms. The smallest absolute Gasteiger partial charge is 0.253 e. The lowest BCUT2D eigenvalue weighted by atomic mass is 10.3. The van der Waals surface area contributed by atoms with Crippen molar-refractivity contribution in [2.45, 2.75) is 13.5 Å². The zero-order chi connectivity index (χ0) is 13.3. The van der Waals surface area contributed by atoms with Gasteiger partial charge >= 0.3 is 0 Å². The second-order valence-electron chi connectivity index (χ2n) is 3.56. The third-order valence-corrected chi connectivity index (χ3v) is 3.23. The fraction of sp³-hybridized carbons (Fsp3) is 0.182. The van der Waals surface area contributed by atoms with Crippen molar-refractivity contribution in [3.05, 3.63) is 45.4 Å². The normalized spacial score (nSPS) is 10.7. The van der Waals surface area contributed by atoms with Gasteiger partial charge in [0.15, 0.2) is 0 Å². The van der Waals surface area contributed by atoms with Crippen molar-refractivity contribution in [3.8, 4) is 0 Å². The summed E-state index contributed by atoms with van der Waals surface area (Å²) in [6.07, 6.45) is 0. The summed E-state index contributed by atoms with van der Waals surface area (Å²) in [7, 11) is 0. The highest BCUT2D eigenvalue weighted by molar-refractivity contribution is 7.11. The van der Waals surface area contributed by atoms with E-state index in [0.717, 1.165) is 9.75 Å². The first kappa shape index (κ1) is 12.8. The fourth-order valence-electron chi connectivity index (χ4n) is 1.40. The van der Waals surface area contributed by atoms with E-state index in [1.165, 1.54) is 11.3 Å². The van der Waals surface area contributed by atoms with Crippen molar-refractivity contribution in [1.29, 1.82) is 0 Å². The number of rotatable bonds is 3. The molecule has 0 atom stereocenters. The van der Waals surface area contributed by atoms with Gasteiger partial charge in [-0.2, -0.15) is 22.5 Å². The molecule has 0 spiro atoms. The second kappa shape index (κ2) is 4.93. The molecular formula is C11H8F4N2S. The molecule has 0 unspecified atom stereocenters. The number of hydrogen-bond donors (Lipinski definition) is 1. The summed E-state index contributed by atoms with van der Waals surface area (Å²) >= 11 is 1.42. The number of pyridine rings is 1. The lowest BCUT2D eigenvalue weighted by Gasteiger charge is -2.08. The van der Waals surface area contributed by atoms with Crippen LogP contribution in [0.5, 0.6) is 0 Å². The van der Waals surface area contributed by atoms with Crippen molar-refractivity contribution < 1.29 is 17.6 Å². The molecule has 0 radical (unpaired) electrons. The molecule has 0 saturated carbocycles. The van der Waals surface area contributed by atoms with E-state index in [0.29, 0.717) is 0 Å². The largest absolute Gasteiger partial charge is 0.375 e. The van der Waals surface area contributed by atoms with Gasteiger partial charge < -0.3 is 5.32 Å². The number of anilines is 1. The molecule has 2 aromatic rings. The molecule has 0 aliphatic rings. The van der Waals surface area contributed by atoms with Crippen LogP contribution >= 0.6 is 11.3 Å². The SMILES string of the molecule is Cc1ccc(CNc2c(F)c(F)nc(F)c2F)s1. The van der Waals surface area contributed by atoms with Crippen LogP contribution in [0.25, 0.3) is 0 Å². The zero-order valence-electron chi connectivity index (χ0n) is 9.23. The molecule has 0 aliphatic heterocycles. The lowest BCUT2D eigenvalue weighted by Crippen LogP contribution is -2.08. The second-order valence-corrected chi connectivity index (χ2v) is 4.93. The van der Waals surface area contributed by atoms with Gasteiger partial charge in [0.05, 0.1) is 0 Å². The van der Waals surface area contributed by atoms with E-state index < -0.39 is 29.2 Å².